The maximum absolute atomic E-state index is 12.7. The van der Waals surface area contributed by atoms with Crippen molar-refractivity contribution >= 4 is 5.69 Å². The maximum Gasteiger partial charge on any atom is 0.416 e. The Hall–Kier alpha value is -1.74. The van der Waals surface area contributed by atoms with Gasteiger partial charge in [0.1, 0.15) is 6.07 Å². The first-order valence-electron chi connectivity index (χ1n) is 7.00. The molecule has 1 aromatic rings. The predicted molar refractivity (Wildman–Crippen MR) is 72.8 cm³/mol. The number of nitriles is 1. The van der Waals surface area contributed by atoms with Gasteiger partial charge in [-0.15, -0.1) is 0 Å². The summed E-state index contributed by atoms with van der Waals surface area (Å²) in [6.07, 6.45) is -4.42. The molecule has 2 heterocycles. The molecule has 0 saturated carbocycles. The fourth-order valence-electron chi connectivity index (χ4n) is 3.54. The SMILES string of the molecule is CC1C2CNCC2CN1c1ccc(C(F)(F)F)cc1C#N. The van der Waals surface area contributed by atoms with Crippen molar-refractivity contribution < 1.29 is 13.2 Å². The summed E-state index contributed by atoms with van der Waals surface area (Å²) in [5.74, 6) is 1.01. The van der Waals surface area contributed by atoms with Gasteiger partial charge in [0.05, 0.1) is 16.8 Å². The Morgan fingerprint density at radius 1 is 1.33 bits per heavy atom. The summed E-state index contributed by atoms with van der Waals surface area (Å²) >= 11 is 0. The lowest BCUT2D eigenvalue weighted by Crippen LogP contribution is -2.33. The van der Waals surface area contributed by atoms with E-state index in [1.165, 1.54) is 6.07 Å². The summed E-state index contributed by atoms with van der Waals surface area (Å²) in [5, 5.41) is 12.5. The third-order valence-electron chi connectivity index (χ3n) is 4.69. The summed E-state index contributed by atoms with van der Waals surface area (Å²) in [4.78, 5) is 2.08. The molecule has 1 N–H and O–H groups in total. The number of nitrogens with zero attached hydrogens (tertiary/aromatic N) is 2. The molecule has 112 valence electrons. The van der Waals surface area contributed by atoms with Gasteiger partial charge in [-0.25, -0.2) is 0 Å². The molecule has 2 aliphatic heterocycles. The molecule has 1 aromatic carbocycles. The van der Waals surface area contributed by atoms with Crippen molar-refractivity contribution in [2.24, 2.45) is 11.8 Å². The topological polar surface area (TPSA) is 39.1 Å². The highest BCUT2D eigenvalue weighted by atomic mass is 19.4. The zero-order valence-electron chi connectivity index (χ0n) is 11.6. The second kappa shape index (κ2) is 4.92. The minimum absolute atomic E-state index is 0.101. The van der Waals surface area contributed by atoms with Crippen molar-refractivity contribution in [3.8, 4) is 6.07 Å². The van der Waals surface area contributed by atoms with Gasteiger partial charge in [-0.3, -0.25) is 0 Å². The molecule has 0 radical (unpaired) electrons. The molecule has 2 saturated heterocycles. The molecule has 0 aliphatic carbocycles. The Morgan fingerprint density at radius 3 is 2.71 bits per heavy atom. The minimum atomic E-state index is -4.42. The van der Waals surface area contributed by atoms with Crippen LogP contribution in [0.3, 0.4) is 0 Å². The zero-order valence-corrected chi connectivity index (χ0v) is 11.6. The third-order valence-corrected chi connectivity index (χ3v) is 4.69. The quantitative estimate of drug-likeness (QED) is 0.865. The van der Waals surface area contributed by atoms with E-state index in [0.29, 0.717) is 17.5 Å². The van der Waals surface area contributed by atoms with Gasteiger partial charge in [0.2, 0.25) is 0 Å². The largest absolute Gasteiger partial charge is 0.416 e. The number of hydrogen-bond donors (Lipinski definition) is 1. The predicted octanol–water partition coefficient (Wildman–Crippen LogP) is 2.62. The average molecular weight is 295 g/mol. The van der Waals surface area contributed by atoms with Gasteiger partial charge in [0.15, 0.2) is 0 Å². The van der Waals surface area contributed by atoms with Crippen LogP contribution >= 0.6 is 0 Å². The van der Waals surface area contributed by atoms with Crippen molar-refractivity contribution in [1.82, 2.24) is 5.32 Å². The third kappa shape index (κ3) is 2.36. The van der Waals surface area contributed by atoms with E-state index in [9.17, 15) is 18.4 Å². The highest BCUT2D eigenvalue weighted by molar-refractivity contribution is 5.62. The molecule has 0 amide bonds. The Balaban J connectivity index is 1.95. The van der Waals surface area contributed by atoms with Gasteiger partial charge >= 0.3 is 6.18 Å². The standard InChI is InChI=1S/C15H16F3N3/c1-9-13-7-20-6-11(13)8-21(9)14-3-2-12(15(16,17)18)4-10(14)5-19/h2-4,9,11,13,20H,6-8H2,1H3. The monoisotopic (exact) mass is 295 g/mol. The van der Waals surface area contributed by atoms with Gasteiger partial charge in [-0.2, -0.15) is 18.4 Å². The van der Waals surface area contributed by atoms with E-state index in [-0.39, 0.29) is 11.6 Å². The van der Waals surface area contributed by atoms with Crippen LogP contribution in [0.5, 0.6) is 0 Å². The summed E-state index contributed by atoms with van der Waals surface area (Å²) < 4.78 is 38.2. The average Bonchev–Trinajstić information content (AvgIpc) is 3.00. The van der Waals surface area contributed by atoms with E-state index in [1.54, 1.807) is 0 Å². The van der Waals surface area contributed by atoms with Crippen LogP contribution in [0.1, 0.15) is 18.1 Å². The fourth-order valence-corrected chi connectivity index (χ4v) is 3.54. The molecule has 3 nitrogen and oxygen atoms in total. The summed E-state index contributed by atoms with van der Waals surface area (Å²) in [6.45, 7) is 4.74. The lowest BCUT2D eigenvalue weighted by atomic mass is 9.95. The minimum Gasteiger partial charge on any atom is -0.367 e. The number of anilines is 1. The molecule has 0 spiro atoms. The number of fused-ring (bicyclic) bond motifs is 1. The smallest absolute Gasteiger partial charge is 0.367 e. The van der Waals surface area contributed by atoms with Crippen LogP contribution in [-0.4, -0.2) is 25.7 Å². The summed E-state index contributed by atoms with van der Waals surface area (Å²) in [7, 11) is 0. The Labute approximate surface area is 121 Å². The van der Waals surface area contributed by atoms with Gasteiger partial charge in [0.25, 0.3) is 0 Å². The van der Waals surface area contributed by atoms with Gasteiger partial charge in [-0.05, 0) is 37.0 Å². The first-order chi connectivity index (χ1) is 9.91. The second-order valence-corrected chi connectivity index (χ2v) is 5.82. The van der Waals surface area contributed by atoms with Crippen LogP contribution in [0.15, 0.2) is 18.2 Å². The maximum atomic E-state index is 12.7. The Kier molecular flexibility index (Phi) is 3.33. The van der Waals surface area contributed by atoms with Crippen LogP contribution < -0.4 is 10.2 Å². The molecule has 0 aromatic heterocycles. The normalized spacial score (nSPS) is 28.5. The Bertz CT molecular complexity index is 591. The lowest BCUT2D eigenvalue weighted by molar-refractivity contribution is -0.137. The van der Waals surface area contributed by atoms with E-state index in [4.69, 9.17) is 0 Å². The number of rotatable bonds is 1. The lowest BCUT2D eigenvalue weighted by Gasteiger charge is -2.28. The molecule has 6 heteroatoms. The highest BCUT2D eigenvalue weighted by Crippen LogP contribution is 2.39. The van der Waals surface area contributed by atoms with Crippen molar-refractivity contribution in [3.63, 3.8) is 0 Å². The first-order valence-corrected chi connectivity index (χ1v) is 7.00. The molecule has 3 unspecified atom stereocenters. The van der Waals surface area contributed by atoms with Gasteiger partial charge < -0.3 is 10.2 Å². The van der Waals surface area contributed by atoms with E-state index in [1.807, 2.05) is 6.07 Å². The van der Waals surface area contributed by atoms with Crippen LogP contribution in [0.25, 0.3) is 0 Å². The van der Waals surface area contributed by atoms with Crippen molar-refractivity contribution in [2.45, 2.75) is 19.1 Å². The van der Waals surface area contributed by atoms with Crippen molar-refractivity contribution in [3.05, 3.63) is 29.3 Å². The van der Waals surface area contributed by atoms with E-state index in [0.717, 1.165) is 31.8 Å². The van der Waals surface area contributed by atoms with E-state index in [2.05, 4.69) is 17.1 Å². The molecule has 3 rings (SSSR count). The van der Waals surface area contributed by atoms with Gasteiger partial charge in [0, 0.05) is 25.7 Å². The molecule has 21 heavy (non-hydrogen) atoms. The zero-order chi connectivity index (χ0) is 15.2. The Morgan fingerprint density at radius 2 is 2.10 bits per heavy atom. The van der Waals surface area contributed by atoms with Crippen LogP contribution in [0.2, 0.25) is 0 Å². The molecular weight excluding hydrogens is 279 g/mol. The highest BCUT2D eigenvalue weighted by Gasteiger charge is 2.42. The van der Waals surface area contributed by atoms with Crippen LogP contribution in [0.4, 0.5) is 18.9 Å². The fraction of sp³-hybridized carbons (Fsp3) is 0.533. The van der Waals surface area contributed by atoms with Crippen LogP contribution in [0, 0.1) is 23.2 Å². The molecule has 3 atom stereocenters. The summed E-state index contributed by atoms with van der Waals surface area (Å²) in [6, 6.07) is 5.60. The van der Waals surface area contributed by atoms with E-state index < -0.39 is 11.7 Å². The number of alkyl halides is 3. The molecular formula is C15H16F3N3. The molecule has 2 aliphatic rings. The van der Waals surface area contributed by atoms with Crippen LogP contribution in [-0.2, 0) is 6.18 Å². The number of hydrogen-bond acceptors (Lipinski definition) is 3. The van der Waals surface area contributed by atoms with Gasteiger partial charge in [-0.1, -0.05) is 0 Å². The van der Waals surface area contributed by atoms with E-state index >= 15 is 0 Å². The number of benzene rings is 1. The second-order valence-electron chi connectivity index (χ2n) is 5.82. The molecule has 0 bridgehead atoms. The number of nitrogens with one attached hydrogen (secondary N) is 1. The summed E-state index contributed by atoms with van der Waals surface area (Å²) in [5.41, 5.74) is -0.0477. The van der Waals surface area contributed by atoms with Crippen molar-refractivity contribution in [1.29, 1.82) is 5.26 Å². The molecule has 2 fully saturated rings. The first kappa shape index (κ1) is 14.2. The van der Waals surface area contributed by atoms with Crippen molar-refractivity contribution in [2.75, 3.05) is 24.5 Å². The number of halogens is 3.